The molecular weight excluding hydrogens is 462 g/mol. The second kappa shape index (κ2) is 8.60. The topological polar surface area (TPSA) is 74.3 Å². The molecule has 2 heterocycles. The minimum Gasteiger partial charge on any atom is -0.336 e. The number of nitrogens with zero attached hydrogens (tertiary/aromatic N) is 2. The first kappa shape index (κ1) is 23.8. The fraction of sp³-hybridized carbons (Fsp3) is 0.421. The van der Waals surface area contributed by atoms with Crippen LogP contribution in [0.3, 0.4) is 0 Å². The summed E-state index contributed by atoms with van der Waals surface area (Å²) in [6.45, 7) is 3.56. The molecule has 6 nitrogen and oxygen atoms in total. The summed E-state index contributed by atoms with van der Waals surface area (Å²) >= 11 is 1.08. The number of nitrogens with one attached hydrogen (secondary N) is 2. The van der Waals surface area contributed by atoms with Crippen LogP contribution in [-0.4, -0.2) is 34.4 Å². The first-order chi connectivity index (χ1) is 14.7. The van der Waals surface area contributed by atoms with Crippen molar-refractivity contribution < 1.29 is 35.9 Å². The lowest BCUT2D eigenvalue weighted by Crippen LogP contribution is -2.35. The fourth-order valence-corrected chi connectivity index (χ4v) is 4.10. The van der Waals surface area contributed by atoms with Crippen molar-refractivity contribution in [2.45, 2.75) is 45.2 Å². The van der Waals surface area contributed by atoms with Crippen molar-refractivity contribution in [2.24, 2.45) is 0 Å². The van der Waals surface area contributed by atoms with E-state index in [4.69, 9.17) is 0 Å². The van der Waals surface area contributed by atoms with Crippen molar-refractivity contribution in [3.8, 4) is 0 Å². The molecule has 0 saturated carbocycles. The molecular formula is C19H18F6N4O2S. The van der Waals surface area contributed by atoms with Crippen molar-refractivity contribution in [1.82, 2.24) is 15.2 Å². The molecule has 2 aromatic rings. The Labute approximate surface area is 182 Å². The van der Waals surface area contributed by atoms with Gasteiger partial charge in [-0.15, -0.1) is 0 Å². The van der Waals surface area contributed by atoms with Crippen molar-refractivity contribution in [3.05, 3.63) is 45.5 Å². The molecule has 0 atom stereocenters. The summed E-state index contributed by atoms with van der Waals surface area (Å²) in [5, 5.41) is 5.46. The molecule has 1 aliphatic heterocycles. The maximum atomic E-state index is 13.1. The summed E-state index contributed by atoms with van der Waals surface area (Å²) in [5.41, 5.74) is -3.18. The molecule has 0 unspecified atom stereocenters. The number of hydrogen-bond donors (Lipinski definition) is 2. The quantitative estimate of drug-likeness (QED) is 0.614. The van der Waals surface area contributed by atoms with E-state index in [1.807, 2.05) is 0 Å². The maximum Gasteiger partial charge on any atom is 0.416 e. The van der Waals surface area contributed by atoms with Gasteiger partial charge in [-0.2, -0.15) is 26.3 Å². The Kier molecular flexibility index (Phi) is 6.40. The summed E-state index contributed by atoms with van der Waals surface area (Å²) in [4.78, 5) is 30.6. The first-order valence-electron chi connectivity index (χ1n) is 9.39. The molecule has 3 rings (SSSR count). The van der Waals surface area contributed by atoms with Crippen molar-refractivity contribution in [3.63, 3.8) is 0 Å². The monoisotopic (exact) mass is 480 g/mol. The summed E-state index contributed by atoms with van der Waals surface area (Å²) < 4.78 is 78.5. The Morgan fingerprint density at radius 2 is 1.66 bits per heavy atom. The number of hydrogen-bond acceptors (Lipinski definition) is 4. The Morgan fingerprint density at radius 1 is 1.06 bits per heavy atom. The lowest BCUT2D eigenvalue weighted by Gasteiger charge is -2.26. The smallest absolute Gasteiger partial charge is 0.336 e. The number of fused-ring (bicyclic) bond motifs is 1. The van der Waals surface area contributed by atoms with E-state index in [0.29, 0.717) is 22.7 Å². The second-order valence-corrected chi connectivity index (χ2v) is 8.50. The van der Waals surface area contributed by atoms with Crippen LogP contribution in [0.4, 0.5) is 36.3 Å². The van der Waals surface area contributed by atoms with Gasteiger partial charge < -0.3 is 10.2 Å². The van der Waals surface area contributed by atoms with Crippen molar-refractivity contribution in [2.75, 3.05) is 11.9 Å². The van der Waals surface area contributed by atoms with E-state index in [-0.39, 0.29) is 36.8 Å². The van der Waals surface area contributed by atoms with Crippen LogP contribution in [0, 0.1) is 0 Å². The summed E-state index contributed by atoms with van der Waals surface area (Å²) in [6, 6.07) is 0.245. The van der Waals surface area contributed by atoms with Crippen LogP contribution in [0.1, 0.15) is 45.9 Å². The highest BCUT2D eigenvalue weighted by Gasteiger charge is 2.38. The van der Waals surface area contributed by atoms with Gasteiger partial charge in [0.15, 0.2) is 5.13 Å². The van der Waals surface area contributed by atoms with E-state index < -0.39 is 41.0 Å². The lowest BCUT2D eigenvalue weighted by molar-refractivity contribution is -0.143. The predicted molar refractivity (Wildman–Crippen MR) is 104 cm³/mol. The van der Waals surface area contributed by atoms with E-state index in [1.165, 1.54) is 0 Å². The van der Waals surface area contributed by atoms with Crippen LogP contribution in [0.5, 0.6) is 0 Å². The molecule has 13 heteroatoms. The normalized spacial score (nSPS) is 14.3. The molecule has 0 fully saturated rings. The first-order valence-corrected chi connectivity index (χ1v) is 10.2. The molecule has 2 N–H and O–H groups in total. The van der Waals surface area contributed by atoms with Crippen LogP contribution < -0.4 is 10.6 Å². The number of carbonyl (C=O) groups excluding carboxylic acids is 2. The number of thiazole rings is 1. The van der Waals surface area contributed by atoms with Gasteiger partial charge in [-0.05, 0) is 32.0 Å². The third kappa shape index (κ3) is 5.50. The van der Waals surface area contributed by atoms with E-state index in [1.54, 1.807) is 13.8 Å². The third-order valence-electron chi connectivity index (χ3n) is 4.49. The van der Waals surface area contributed by atoms with Gasteiger partial charge >= 0.3 is 18.4 Å². The average molecular weight is 480 g/mol. The molecule has 1 aliphatic rings. The number of aromatic nitrogens is 1. The van der Waals surface area contributed by atoms with Gasteiger partial charge in [-0.25, -0.2) is 9.78 Å². The zero-order chi connectivity index (χ0) is 23.8. The number of anilines is 1. The van der Waals surface area contributed by atoms with Crippen LogP contribution in [-0.2, 0) is 25.3 Å². The van der Waals surface area contributed by atoms with Gasteiger partial charge in [0.25, 0.3) is 5.91 Å². The largest absolute Gasteiger partial charge is 0.416 e. The lowest BCUT2D eigenvalue weighted by atomic mass is 10.0. The summed E-state index contributed by atoms with van der Waals surface area (Å²) in [7, 11) is 0. The minimum atomic E-state index is -5.04. The van der Waals surface area contributed by atoms with Gasteiger partial charge in [0.1, 0.15) is 0 Å². The molecule has 1 aromatic heterocycles. The number of rotatable bonds is 3. The predicted octanol–water partition coefficient (Wildman–Crippen LogP) is 4.91. The number of benzene rings is 1. The number of carbonyl (C=O) groups is 2. The van der Waals surface area contributed by atoms with E-state index in [9.17, 15) is 35.9 Å². The summed E-state index contributed by atoms with van der Waals surface area (Å²) in [6.07, 6.45) is -9.84. The van der Waals surface area contributed by atoms with Crippen LogP contribution in [0.15, 0.2) is 18.2 Å². The Morgan fingerprint density at radius 3 is 2.19 bits per heavy atom. The molecule has 0 saturated heterocycles. The summed E-state index contributed by atoms with van der Waals surface area (Å²) in [5.74, 6) is -0.951. The minimum absolute atomic E-state index is 0.0194. The maximum absolute atomic E-state index is 13.1. The highest BCUT2D eigenvalue weighted by atomic mass is 32.1. The average Bonchev–Trinajstić information content (AvgIpc) is 3.06. The van der Waals surface area contributed by atoms with E-state index in [2.05, 4.69) is 15.6 Å². The highest BCUT2D eigenvalue weighted by Crippen LogP contribution is 2.37. The molecule has 0 spiro atoms. The fourth-order valence-electron chi connectivity index (χ4n) is 3.08. The number of amides is 3. The molecule has 1 aromatic carbocycles. The second-order valence-electron chi connectivity index (χ2n) is 7.41. The van der Waals surface area contributed by atoms with Crippen molar-refractivity contribution in [1.29, 1.82) is 0 Å². The van der Waals surface area contributed by atoms with Gasteiger partial charge in [0.2, 0.25) is 0 Å². The van der Waals surface area contributed by atoms with Crippen LogP contribution in [0.2, 0.25) is 0 Å². The van der Waals surface area contributed by atoms with E-state index >= 15 is 0 Å². The van der Waals surface area contributed by atoms with Gasteiger partial charge in [-0.1, -0.05) is 11.3 Å². The Hall–Kier alpha value is -2.83. The van der Waals surface area contributed by atoms with Gasteiger partial charge in [-0.3, -0.25) is 10.1 Å². The zero-order valence-electron chi connectivity index (χ0n) is 16.8. The molecule has 0 aliphatic carbocycles. The molecule has 32 heavy (non-hydrogen) atoms. The van der Waals surface area contributed by atoms with Crippen molar-refractivity contribution >= 4 is 28.4 Å². The number of urea groups is 1. The Balaban J connectivity index is 1.82. The van der Waals surface area contributed by atoms with E-state index in [0.717, 1.165) is 16.2 Å². The number of alkyl halides is 6. The molecule has 174 valence electrons. The third-order valence-corrected chi connectivity index (χ3v) is 5.49. The SMILES string of the molecule is CC(C)NC(=O)Nc1nc2c(s1)CN(C(=O)c1cc(C(F)(F)F)cc(C(F)(F)F)c1)CC2. The van der Waals surface area contributed by atoms with Gasteiger partial charge in [0, 0.05) is 29.4 Å². The highest BCUT2D eigenvalue weighted by molar-refractivity contribution is 7.15. The van der Waals surface area contributed by atoms with Gasteiger partial charge in [0.05, 0.1) is 23.4 Å². The standard InChI is InChI=1S/C19H18F6N4O2S/c1-9(2)26-16(31)28-17-27-13-3-4-29(8-14(13)32-17)15(30)10-5-11(18(20,21)22)7-12(6-10)19(23,24)25/h5-7,9H,3-4,8H2,1-2H3,(H2,26,27,28,31). The molecule has 0 radical (unpaired) electrons. The molecule has 3 amide bonds. The molecule has 0 bridgehead atoms. The Bertz CT molecular complexity index is 1000. The number of halogens is 6. The zero-order valence-corrected chi connectivity index (χ0v) is 17.6. The van der Waals surface area contributed by atoms with Crippen LogP contribution in [0.25, 0.3) is 0 Å². The van der Waals surface area contributed by atoms with Crippen LogP contribution >= 0.6 is 11.3 Å².